The van der Waals surface area contributed by atoms with Gasteiger partial charge in [0.05, 0.1) is 5.25 Å². The molecule has 0 saturated heterocycles. The number of hydrogen-bond acceptors (Lipinski definition) is 4. The van der Waals surface area contributed by atoms with Crippen LogP contribution in [0.3, 0.4) is 0 Å². The maximum atomic E-state index is 13.1. The molecule has 150 valence electrons. The van der Waals surface area contributed by atoms with Crippen molar-refractivity contribution in [3.63, 3.8) is 0 Å². The van der Waals surface area contributed by atoms with Gasteiger partial charge in [0.2, 0.25) is 5.91 Å². The molecule has 1 aliphatic heterocycles. The van der Waals surface area contributed by atoms with Crippen LogP contribution in [0.5, 0.6) is 0 Å². The van der Waals surface area contributed by atoms with E-state index in [1.807, 2.05) is 46.7 Å². The zero-order valence-corrected chi connectivity index (χ0v) is 18.1. The van der Waals surface area contributed by atoms with Gasteiger partial charge in [-0.1, -0.05) is 47.6 Å². The molecular weight excluding hydrogens is 404 g/mol. The number of rotatable bonds is 5. The first kappa shape index (κ1) is 20.0. The molecule has 2 aromatic carbocycles. The van der Waals surface area contributed by atoms with Gasteiger partial charge in [-0.05, 0) is 55.7 Å². The Morgan fingerprint density at radius 3 is 2.59 bits per heavy atom. The third kappa shape index (κ3) is 4.19. The van der Waals surface area contributed by atoms with Gasteiger partial charge in [-0.3, -0.25) is 4.79 Å². The summed E-state index contributed by atoms with van der Waals surface area (Å²) in [6.45, 7) is 6.17. The second-order valence-electron chi connectivity index (χ2n) is 7.10. The Balaban J connectivity index is 1.49. The molecule has 0 spiro atoms. The van der Waals surface area contributed by atoms with Gasteiger partial charge in [0.15, 0.2) is 11.0 Å². The van der Waals surface area contributed by atoms with Gasteiger partial charge in [-0.2, -0.15) is 0 Å². The van der Waals surface area contributed by atoms with Gasteiger partial charge in [-0.15, -0.1) is 10.2 Å². The number of benzene rings is 2. The van der Waals surface area contributed by atoms with Crippen molar-refractivity contribution in [2.45, 2.75) is 43.8 Å². The monoisotopic (exact) mass is 426 g/mol. The van der Waals surface area contributed by atoms with Crippen LogP contribution in [0, 0.1) is 0 Å². The molecule has 3 aromatic rings. The van der Waals surface area contributed by atoms with Crippen molar-refractivity contribution >= 4 is 29.3 Å². The third-order valence-corrected chi connectivity index (χ3v) is 6.53. The molecule has 0 N–H and O–H groups in total. The SMILES string of the molecule is CCn1c(S[C@H](C)C(=O)N2CCc3ccccc3C2)nnc1-c1ccc(Cl)cc1. The van der Waals surface area contributed by atoms with E-state index in [1.165, 1.54) is 22.9 Å². The largest absolute Gasteiger partial charge is 0.337 e. The molecule has 0 bridgehead atoms. The normalized spacial score (nSPS) is 14.5. The van der Waals surface area contributed by atoms with Gasteiger partial charge in [-0.25, -0.2) is 0 Å². The number of hydrogen-bond donors (Lipinski definition) is 0. The molecule has 4 rings (SSSR count). The van der Waals surface area contributed by atoms with Crippen molar-refractivity contribution in [1.29, 1.82) is 0 Å². The smallest absolute Gasteiger partial charge is 0.236 e. The zero-order chi connectivity index (χ0) is 20.4. The maximum Gasteiger partial charge on any atom is 0.236 e. The number of carbonyl (C=O) groups excluding carboxylic acids is 1. The second-order valence-corrected chi connectivity index (χ2v) is 8.84. The average molecular weight is 427 g/mol. The van der Waals surface area contributed by atoms with E-state index in [-0.39, 0.29) is 11.2 Å². The number of carbonyl (C=O) groups is 1. The van der Waals surface area contributed by atoms with Crippen LogP contribution >= 0.6 is 23.4 Å². The van der Waals surface area contributed by atoms with Gasteiger partial charge in [0.25, 0.3) is 0 Å². The van der Waals surface area contributed by atoms with E-state index in [9.17, 15) is 4.79 Å². The minimum absolute atomic E-state index is 0.142. The highest BCUT2D eigenvalue weighted by Gasteiger charge is 2.27. The fraction of sp³-hybridized carbons (Fsp3) is 0.318. The van der Waals surface area contributed by atoms with Crippen LogP contribution in [0.15, 0.2) is 53.7 Å². The summed E-state index contributed by atoms with van der Waals surface area (Å²) < 4.78 is 2.04. The van der Waals surface area contributed by atoms with Gasteiger partial charge >= 0.3 is 0 Å². The average Bonchev–Trinajstić information content (AvgIpc) is 3.15. The molecule has 0 fully saturated rings. The van der Waals surface area contributed by atoms with E-state index in [0.717, 1.165) is 36.1 Å². The summed E-state index contributed by atoms with van der Waals surface area (Å²) in [5.41, 5.74) is 3.54. The molecule has 0 aliphatic carbocycles. The zero-order valence-electron chi connectivity index (χ0n) is 16.5. The highest BCUT2D eigenvalue weighted by atomic mass is 35.5. The van der Waals surface area contributed by atoms with E-state index in [4.69, 9.17) is 11.6 Å². The standard InChI is InChI=1S/C22H23ClN4OS/c1-3-27-20(17-8-10-19(23)11-9-17)24-25-22(27)29-15(2)21(28)26-13-12-16-6-4-5-7-18(16)14-26/h4-11,15H,3,12-14H2,1-2H3/t15-/m1/s1. The van der Waals surface area contributed by atoms with Crippen LogP contribution in [0.4, 0.5) is 0 Å². The highest BCUT2D eigenvalue weighted by Crippen LogP contribution is 2.29. The highest BCUT2D eigenvalue weighted by molar-refractivity contribution is 8.00. The number of fused-ring (bicyclic) bond motifs is 1. The molecule has 1 aliphatic rings. The summed E-state index contributed by atoms with van der Waals surface area (Å²) in [6.07, 6.45) is 0.908. The van der Waals surface area contributed by atoms with Gasteiger partial charge < -0.3 is 9.47 Å². The summed E-state index contributed by atoms with van der Waals surface area (Å²) in [7, 11) is 0. The maximum absolute atomic E-state index is 13.1. The first-order chi connectivity index (χ1) is 14.1. The number of amides is 1. The Morgan fingerprint density at radius 2 is 1.86 bits per heavy atom. The topological polar surface area (TPSA) is 51.0 Å². The third-order valence-electron chi connectivity index (χ3n) is 5.21. The van der Waals surface area contributed by atoms with Crippen LogP contribution < -0.4 is 0 Å². The Labute approximate surface area is 180 Å². The Kier molecular flexibility index (Phi) is 5.92. The summed E-state index contributed by atoms with van der Waals surface area (Å²) in [6, 6.07) is 15.9. The van der Waals surface area contributed by atoms with Crippen LogP contribution in [0.1, 0.15) is 25.0 Å². The van der Waals surface area contributed by atoms with Gasteiger partial charge in [0.1, 0.15) is 0 Å². The van der Waals surface area contributed by atoms with E-state index in [0.29, 0.717) is 11.6 Å². The van der Waals surface area contributed by atoms with Crippen molar-refractivity contribution in [3.8, 4) is 11.4 Å². The number of halogens is 1. The second kappa shape index (κ2) is 8.59. The summed E-state index contributed by atoms with van der Waals surface area (Å²) in [4.78, 5) is 15.0. The molecule has 2 heterocycles. The van der Waals surface area contributed by atoms with E-state index in [2.05, 4.69) is 35.3 Å². The molecule has 0 saturated carbocycles. The minimum Gasteiger partial charge on any atom is -0.337 e. The number of aromatic nitrogens is 3. The molecule has 0 unspecified atom stereocenters. The lowest BCUT2D eigenvalue weighted by atomic mass is 10.00. The van der Waals surface area contributed by atoms with Crippen LogP contribution in [-0.2, 0) is 24.3 Å². The number of thioether (sulfide) groups is 1. The lowest BCUT2D eigenvalue weighted by Crippen LogP contribution is -2.40. The Bertz CT molecular complexity index is 1020. The molecule has 1 amide bonds. The fourth-order valence-corrected chi connectivity index (χ4v) is 4.75. The lowest BCUT2D eigenvalue weighted by Gasteiger charge is -2.30. The van der Waals surface area contributed by atoms with Crippen molar-refractivity contribution in [3.05, 3.63) is 64.7 Å². The van der Waals surface area contributed by atoms with Crippen molar-refractivity contribution in [2.75, 3.05) is 6.54 Å². The summed E-state index contributed by atoms with van der Waals surface area (Å²) in [5.74, 6) is 0.932. The molecule has 1 atom stereocenters. The van der Waals surface area contributed by atoms with Crippen LogP contribution in [-0.4, -0.2) is 37.4 Å². The minimum atomic E-state index is -0.229. The number of nitrogens with zero attached hydrogens (tertiary/aromatic N) is 4. The van der Waals surface area contributed by atoms with Crippen molar-refractivity contribution in [2.24, 2.45) is 0 Å². The van der Waals surface area contributed by atoms with E-state index < -0.39 is 0 Å². The predicted octanol–water partition coefficient (Wildman–Crippen LogP) is 4.68. The quantitative estimate of drug-likeness (QED) is 0.555. The molecule has 5 nitrogen and oxygen atoms in total. The lowest BCUT2D eigenvalue weighted by molar-refractivity contribution is -0.131. The molecule has 7 heteroatoms. The Hall–Kier alpha value is -2.31. The van der Waals surface area contributed by atoms with E-state index >= 15 is 0 Å². The summed E-state index contributed by atoms with van der Waals surface area (Å²) in [5, 5.41) is 9.95. The molecule has 1 aromatic heterocycles. The fourth-order valence-electron chi connectivity index (χ4n) is 3.62. The van der Waals surface area contributed by atoms with Crippen LogP contribution in [0.25, 0.3) is 11.4 Å². The molecular formula is C22H23ClN4OS. The predicted molar refractivity (Wildman–Crippen MR) is 117 cm³/mol. The molecule has 0 radical (unpaired) electrons. The van der Waals surface area contributed by atoms with Crippen molar-refractivity contribution in [1.82, 2.24) is 19.7 Å². The van der Waals surface area contributed by atoms with Crippen molar-refractivity contribution < 1.29 is 4.79 Å². The van der Waals surface area contributed by atoms with Gasteiger partial charge in [0, 0.05) is 30.2 Å². The first-order valence-corrected chi connectivity index (χ1v) is 11.0. The first-order valence-electron chi connectivity index (χ1n) is 9.78. The van der Waals surface area contributed by atoms with E-state index in [1.54, 1.807) is 0 Å². The Morgan fingerprint density at radius 1 is 1.14 bits per heavy atom. The van der Waals surface area contributed by atoms with Crippen LogP contribution in [0.2, 0.25) is 5.02 Å². The summed E-state index contributed by atoms with van der Waals surface area (Å²) >= 11 is 7.47. The molecule has 29 heavy (non-hydrogen) atoms.